The fourth-order valence-electron chi connectivity index (χ4n) is 11.1. The fourth-order valence-corrected chi connectivity index (χ4v) is 12.7. The van der Waals surface area contributed by atoms with Crippen molar-refractivity contribution in [3.05, 3.63) is 156 Å². The summed E-state index contributed by atoms with van der Waals surface area (Å²) >= 11 is 3.17. The van der Waals surface area contributed by atoms with Crippen LogP contribution in [0.3, 0.4) is 0 Å². The van der Waals surface area contributed by atoms with E-state index in [2.05, 4.69) is 10.6 Å². The molecule has 5 aromatic rings. The first-order chi connectivity index (χ1) is 46.5. The first kappa shape index (κ1) is 78.7. The number of amides is 2. The average Bonchev–Trinajstić information content (AvgIpc) is 0.774. The minimum Gasteiger partial charge on any atom is -0.478 e. The summed E-state index contributed by atoms with van der Waals surface area (Å²) < 4.78 is 33.6. The Morgan fingerprint density at radius 2 is 0.845 bits per heavy atom. The molecule has 526 valence electrons. The van der Waals surface area contributed by atoms with Crippen LogP contribution in [0.4, 0.5) is 0 Å². The van der Waals surface area contributed by atoms with E-state index in [9.17, 15) is 69.0 Å². The number of aliphatic hydroxyl groups excluding tert-OH is 6. The van der Waals surface area contributed by atoms with E-state index in [-0.39, 0.29) is 74.7 Å². The topological polar surface area (TPSA) is 384 Å². The third-order valence-electron chi connectivity index (χ3n) is 16.2. The van der Waals surface area contributed by atoms with Crippen LogP contribution in [0.15, 0.2) is 133 Å². The molecule has 0 aliphatic carbocycles. The van der Waals surface area contributed by atoms with Gasteiger partial charge >= 0.3 is 17.9 Å². The van der Waals surface area contributed by atoms with Crippen molar-refractivity contribution in [2.45, 2.75) is 151 Å². The highest BCUT2D eigenvalue weighted by molar-refractivity contribution is 7.99. The van der Waals surface area contributed by atoms with Crippen molar-refractivity contribution in [3.63, 3.8) is 0 Å². The van der Waals surface area contributed by atoms with Gasteiger partial charge in [0.25, 0.3) is 11.6 Å². The molecule has 0 spiro atoms. The lowest BCUT2D eigenvalue weighted by molar-refractivity contribution is -0.311. The number of benzene rings is 5. The van der Waals surface area contributed by atoms with Gasteiger partial charge in [0.15, 0.2) is 17.3 Å². The molecule has 7 rings (SSSR count). The highest BCUT2D eigenvalue weighted by Crippen LogP contribution is 2.37. The van der Waals surface area contributed by atoms with E-state index in [1.807, 2.05) is 84.9 Å². The Kier molecular flexibility index (Phi) is 31.9. The van der Waals surface area contributed by atoms with E-state index < -0.39 is 109 Å². The number of hydrogen-bond acceptors (Lipinski definition) is 23. The SMILES string of the molecule is COC(=O)[C@@]1(OCCCSCCCC(=O)c2ccc(C(=O)O)cc2)C[C@@H](O)[C@@H](NC(C)=O)C([C@H](O)[C@H](O)CCC(=O)c2ccc(-c3ccccc3)cc2)O1.COC(=O)[C@@]1(OCCCSCCN)C[C@@H](O)[C@@H](NC(C)=O)C([C@H](O)[C@H](O)CCC(=O)c2ccc(-c3ccccc3)cc2)O1. The number of ether oxygens (including phenoxy) is 6. The maximum Gasteiger partial charge on any atom is 0.366 e. The standard InChI is InChI=1S/C40H47NO12S.C31H42N2O9S/c1-25(42)41-35-34(46)24-40(39(50)51-2,52-21-7-23-54-22-6-10-31(43)28-15-17-30(18-16-28)38(48)49)53-37(35)36(47)33(45)20-19-32(44)29-13-11-27(12-14-29)26-8-4-3-5-9-26;1-20(34)33-27-26(37)19-31(30(39)40-2,41-16-6-17-43-18-15-32)42-29(27)28(38)25(36)14-13-24(35)23-11-9-22(10-12-23)21-7-4-3-5-8-21/h3-5,8-9,11-18,33-37,45-47H,6-7,10,19-24H2,1-2H3,(H,41,42)(H,48,49);3-5,7-12,25-29,36-38H,6,13-19,32H2,1-2H3,(H,33,34)/t33-,34-,35-,36-,37?,40-;25-,26-,27-,28-,29?,31-/m11/s1. The highest BCUT2D eigenvalue weighted by atomic mass is 32.2. The molecule has 2 amide bonds. The van der Waals surface area contributed by atoms with Crippen LogP contribution in [0.1, 0.15) is 119 Å². The van der Waals surface area contributed by atoms with Crippen molar-refractivity contribution < 1.29 is 103 Å². The van der Waals surface area contributed by atoms with E-state index in [0.29, 0.717) is 59.8 Å². The molecule has 0 aromatic heterocycles. The zero-order valence-corrected chi connectivity index (χ0v) is 56.4. The summed E-state index contributed by atoms with van der Waals surface area (Å²) in [7, 11) is 2.25. The van der Waals surface area contributed by atoms with Gasteiger partial charge in [-0.3, -0.25) is 24.0 Å². The van der Waals surface area contributed by atoms with Crippen LogP contribution in [-0.2, 0) is 47.6 Å². The number of carbonyl (C=O) groups excluding carboxylic acids is 7. The molecule has 2 fully saturated rings. The predicted octanol–water partition coefficient (Wildman–Crippen LogP) is 5.72. The zero-order valence-electron chi connectivity index (χ0n) is 54.7. The number of nitrogens with one attached hydrogen (secondary N) is 2. The molecular formula is C71H89N3O21S2. The number of carbonyl (C=O) groups is 8. The summed E-state index contributed by atoms with van der Waals surface area (Å²) in [5, 5.41) is 80.7. The van der Waals surface area contributed by atoms with Gasteiger partial charge in [0.05, 0.1) is 69.5 Å². The van der Waals surface area contributed by atoms with Crippen LogP contribution < -0.4 is 16.4 Å². The second-order valence-corrected chi connectivity index (χ2v) is 25.9. The molecule has 12 atom stereocenters. The number of thioether (sulfide) groups is 2. The van der Waals surface area contributed by atoms with Crippen molar-refractivity contribution in [2.75, 3.05) is 57.0 Å². The Hall–Kier alpha value is -7.28. The molecule has 0 radical (unpaired) electrons. The Morgan fingerprint density at radius 1 is 0.505 bits per heavy atom. The van der Waals surface area contributed by atoms with Gasteiger partial charge in [-0.15, -0.1) is 0 Å². The van der Waals surface area contributed by atoms with Gasteiger partial charge in [0.2, 0.25) is 11.8 Å². The van der Waals surface area contributed by atoms with Crippen LogP contribution in [0, 0.1) is 0 Å². The quantitative estimate of drug-likeness (QED) is 0.0130. The Labute approximate surface area is 572 Å². The largest absolute Gasteiger partial charge is 0.478 e. The number of nitrogens with two attached hydrogens (primary N) is 1. The highest BCUT2D eigenvalue weighted by Gasteiger charge is 2.58. The van der Waals surface area contributed by atoms with Crippen LogP contribution in [0.5, 0.6) is 0 Å². The smallest absolute Gasteiger partial charge is 0.366 e. The van der Waals surface area contributed by atoms with Crippen molar-refractivity contribution in [1.29, 1.82) is 0 Å². The molecule has 0 saturated carbocycles. The maximum atomic E-state index is 13.1. The van der Waals surface area contributed by atoms with Crippen LogP contribution in [0.2, 0.25) is 0 Å². The summed E-state index contributed by atoms with van der Waals surface area (Å²) in [6, 6.07) is 36.9. The lowest BCUT2D eigenvalue weighted by Crippen LogP contribution is -2.67. The van der Waals surface area contributed by atoms with Crippen molar-refractivity contribution in [1.82, 2.24) is 10.6 Å². The molecule has 11 N–H and O–H groups in total. The van der Waals surface area contributed by atoms with Crippen molar-refractivity contribution in [3.8, 4) is 22.3 Å². The van der Waals surface area contributed by atoms with Gasteiger partial charge in [0, 0.05) is 74.9 Å². The van der Waals surface area contributed by atoms with E-state index in [4.69, 9.17) is 39.3 Å². The molecule has 2 saturated heterocycles. The second kappa shape index (κ2) is 39.3. The summed E-state index contributed by atoms with van der Waals surface area (Å²) in [5.74, 6) is -6.18. The van der Waals surface area contributed by atoms with E-state index in [1.54, 1.807) is 47.8 Å². The summed E-state index contributed by atoms with van der Waals surface area (Å²) in [5.41, 5.74) is 10.8. The van der Waals surface area contributed by atoms with Gasteiger partial charge < -0.3 is 80.5 Å². The number of carboxylic acid groups (broad SMARTS) is 1. The lowest BCUT2D eigenvalue weighted by atomic mass is 9.87. The maximum absolute atomic E-state index is 13.1. The molecule has 2 aliphatic rings. The molecule has 2 unspecified atom stereocenters. The minimum absolute atomic E-state index is 0.0165. The summed E-state index contributed by atoms with van der Waals surface area (Å²) in [4.78, 5) is 99.3. The Bertz CT molecular complexity index is 3330. The molecule has 5 aromatic carbocycles. The normalized spacial score (nSPS) is 21.8. The third kappa shape index (κ3) is 23.2. The monoisotopic (exact) mass is 1380 g/mol. The fraction of sp³-hybridized carbons (Fsp3) is 0.465. The Balaban J connectivity index is 0.000000315. The average molecular weight is 1380 g/mol. The summed E-state index contributed by atoms with van der Waals surface area (Å²) in [6.07, 6.45) is -11.9. The van der Waals surface area contributed by atoms with Gasteiger partial charge in [-0.05, 0) is 83.7 Å². The zero-order chi connectivity index (χ0) is 70.7. The number of rotatable bonds is 36. The molecule has 0 bridgehead atoms. The third-order valence-corrected chi connectivity index (χ3v) is 18.5. The van der Waals surface area contributed by atoms with Crippen LogP contribution in [0.25, 0.3) is 22.3 Å². The molecule has 2 heterocycles. The second-order valence-electron chi connectivity index (χ2n) is 23.4. The van der Waals surface area contributed by atoms with Gasteiger partial charge in [-0.25, -0.2) is 14.4 Å². The lowest BCUT2D eigenvalue weighted by Gasteiger charge is -2.47. The van der Waals surface area contributed by atoms with Gasteiger partial charge in [-0.2, -0.15) is 23.5 Å². The first-order valence-electron chi connectivity index (χ1n) is 32.0. The first-order valence-corrected chi connectivity index (χ1v) is 34.3. The number of hydrogen-bond donors (Lipinski definition) is 10. The molecular weight excluding hydrogens is 1290 g/mol. The number of aromatic carboxylic acids is 1. The molecule has 97 heavy (non-hydrogen) atoms. The summed E-state index contributed by atoms with van der Waals surface area (Å²) in [6.45, 7) is 3.03. The molecule has 24 nitrogen and oxygen atoms in total. The van der Waals surface area contributed by atoms with Crippen molar-refractivity contribution >= 4 is 70.6 Å². The molecule has 2 aliphatic heterocycles. The number of esters is 2. The van der Waals surface area contributed by atoms with Gasteiger partial charge in [-0.1, -0.05) is 121 Å². The minimum atomic E-state index is -2.17. The number of ketones is 3. The van der Waals surface area contributed by atoms with E-state index >= 15 is 0 Å². The van der Waals surface area contributed by atoms with E-state index in [1.165, 1.54) is 38.1 Å². The number of aliphatic hydroxyl groups is 6. The number of carboxylic acids is 1. The number of Topliss-reactive ketones (excluding diaryl/α,β-unsaturated/α-hetero) is 3. The molecule has 26 heteroatoms. The Morgan fingerprint density at radius 3 is 1.21 bits per heavy atom. The number of methoxy groups -OCH3 is 2. The van der Waals surface area contributed by atoms with Gasteiger partial charge in [0.1, 0.15) is 24.4 Å². The van der Waals surface area contributed by atoms with Crippen molar-refractivity contribution in [2.24, 2.45) is 5.73 Å². The van der Waals surface area contributed by atoms with Crippen LogP contribution in [-0.4, -0.2) is 212 Å². The predicted molar refractivity (Wildman–Crippen MR) is 362 cm³/mol. The van der Waals surface area contributed by atoms with Crippen LogP contribution >= 0.6 is 23.5 Å². The van der Waals surface area contributed by atoms with E-state index in [0.717, 1.165) is 42.2 Å².